The van der Waals surface area contributed by atoms with Crippen molar-refractivity contribution in [2.24, 2.45) is 0 Å². The summed E-state index contributed by atoms with van der Waals surface area (Å²) in [6.45, 7) is 2.27. The maximum Gasteiger partial charge on any atom is 0.119 e. The van der Waals surface area contributed by atoms with Crippen LogP contribution in [-0.4, -0.2) is 6.29 Å². The van der Waals surface area contributed by atoms with Crippen molar-refractivity contribution in [3.8, 4) is 0 Å². The van der Waals surface area contributed by atoms with Crippen LogP contribution in [0.5, 0.6) is 0 Å². The maximum atomic E-state index is 10.1. The summed E-state index contributed by atoms with van der Waals surface area (Å²) in [6.07, 6.45) is 19.6. The second kappa shape index (κ2) is 15.7. The third-order valence-corrected chi connectivity index (χ3v) is 3.43. The van der Waals surface area contributed by atoms with Gasteiger partial charge in [-0.3, -0.25) is 0 Å². The van der Waals surface area contributed by atoms with Crippen LogP contribution in [0.15, 0.2) is 0 Å². The molecule has 0 aromatic rings. The van der Waals surface area contributed by atoms with Crippen molar-refractivity contribution in [3.63, 3.8) is 0 Å². The Morgan fingerprint density at radius 1 is 0.588 bits per heavy atom. The zero-order valence-corrected chi connectivity index (χ0v) is 11.9. The van der Waals surface area contributed by atoms with Gasteiger partial charge in [0.2, 0.25) is 0 Å². The van der Waals surface area contributed by atoms with Crippen molar-refractivity contribution in [1.82, 2.24) is 0 Å². The van der Waals surface area contributed by atoms with E-state index in [9.17, 15) is 4.79 Å². The van der Waals surface area contributed by atoms with Crippen molar-refractivity contribution in [1.29, 1.82) is 0 Å². The molecule has 0 fully saturated rings. The van der Waals surface area contributed by atoms with Gasteiger partial charge in [-0.15, -0.1) is 0 Å². The second-order valence-electron chi connectivity index (χ2n) is 5.20. The first kappa shape index (κ1) is 16.7. The molecule has 0 radical (unpaired) electrons. The Morgan fingerprint density at radius 3 is 1.29 bits per heavy atom. The zero-order chi connectivity index (χ0) is 12.6. The third kappa shape index (κ3) is 15.7. The summed E-state index contributed by atoms with van der Waals surface area (Å²) in [7, 11) is 0. The molecule has 0 rings (SSSR count). The quantitative estimate of drug-likeness (QED) is 0.282. The smallest absolute Gasteiger partial charge is 0.119 e. The van der Waals surface area contributed by atoms with Crippen LogP contribution in [0.25, 0.3) is 0 Å². The molecule has 0 spiro atoms. The van der Waals surface area contributed by atoms with Gasteiger partial charge in [-0.2, -0.15) is 0 Å². The van der Waals surface area contributed by atoms with Crippen LogP contribution in [0.4, 0.5) is 0 Å². The Balaban J connectivity index is 2.87. The van der Waals surface area contributed by atoms with Gasteiger partial charge in [0, 0.05) is 6.42 Å². The molecule has 0 amide bonds. The summed E-state index contributed by atoms with van der Waals surface area (Å²) in [5, 5.41) is 0. The molecule has 0 aliphatic heterocycles. The fraction of sp³-hybridized carbons (Fsp3) is 0.938. The Morgan fingerprint density at radius 2 is 0.941 bits per heavy atom. The number of rotatable bonds is 14. The summed E-state index contributed by atoms with van der Waals surface area (Å²) in [5.41, 5.74) is 0. The van der Waals surface area contributed by atoms with E-state index in [-0.39, 0.29) is 0 Å². The van der Waals surface area contributed by atoms with E-state index in [0.717, 1.165) is 19.1 Å². The SMILES string of the molecule is CCCCCCCCCCCCCCCC=O. The Bertz CT molecular complexity index is 142. The minimum absolute atomic E-state index is 0.762. The highest BCUT2D eigenvalue weighted by atomic mass is 16.1. The van der Waals surface area contributed by atoms with Gasteiger partial charge in [-0.25, -0.2) is 0 Å². The van der Waals surface area contributed by atoms with E-state index < -0.39 is 0 Å². The summed E-state index contributed by atoms with van der Waals surface area (Å²) in [4.78, 5) is 10.1. The first-order valence-corrected chi connectivity index (χ1v) is 7.85. The first-order valence-electron chi connectivity index (χ1n) is 7.85. The van der Waals surface area contributed by atoms with Crippen LogP contribution in [0.2, 0.25) is 0 Å². The summed E-state index contributed by atoms with van der Waals surface area (Å²) in [6, 6.07) is 0. The number of carbonyl (C=O) groups is 1. The van der Waals surface area contributed by atoms with E-state index in [0.29, 0.717) is 0 Å². The van der Waals surface area contributed by atoms with Crippen molar-refractivity contribution in [3.05, 3.63) is 0 Å². The van der Waals surface area contributed by atoms with Gasteiger partial charge in [0.25, 0.3) is 0 Å². The molecule has 1 heteroatoms. The highest BCUT2D eigenvalue weighted by molar-refractivity contribution is 5.48. The lowest BCUT2D eigenvalue weighted by atomic mass is 10.0. The van der Waals surface area contributed by atoms with Gasteiger partial charge in [0.05, 0.1) is 0 Å². The van der Waals surface area contributed by atoms with E-state index >= 15 is 0 Å². The van der Waals surface area contributed by atoms with Crippen LogP contribution < -0.4 is 0 Å². The van der Waals surface area contributed by atoms with Gasteiger partial charge in [0.1, 0.15) is 6.29 Å². The van der Waals surface area contributed by atoms with Crippen LogP contribution in [0.1, 0.15) is 96.8 Å². The molecule has 0 aliphatic carbocycles. The van der Waals surface area contributed by atoms with E-state index in [1.165, 1.54) is 77.0 Å². The zero-order valence-electron chi connectivity index (χ0n) is 11.9. The molecule has 0 unspecified atom stereocenters. The summed E-state index contributed by atoms with van der Waals surface area (Å²) < 4.78 is 0. The van der Waals surface area contributed by atoms with Crippen LogP contribution in [-0.2, 0) is 4.79 Å². The summed E-state index contributed by atoms with van der Waals surface area (Å²) >= 11 is 0. The molecule has 0 atom stereocenters. The molecule has 102 valence electrons. The van der Waals surface area contributed by atoms with Crippen LogP contribution in [0, 0.1) is 0 Å². The highest BCUT2D eigenvalue weighted by Crippen LogP contribution is 2.12. The molecule has 0 aromatic carbocycles. The molecule has 0 aromatic heterocycles. The minimum atomic E-state index is 0.762. The molecule has 0 saturated heterocycles. The summed E-state index contributed by atoms with van der Waals surface area (Å²) in [5.74, 6) is 0. The largest absolute Gasteiger partial charge is 0.303 e. The minimum Gasteiger partial charge on any atom is -0.303 e. The van der Waals surface area contributed by atoms with E-state index in [1.807, 2.05) is 0 Å². The molecule has 0 aliphatic rings. The van der Waals surface area contributed by atoms with Crippen molar-refractivity contribution < 1.29 is 4.79 Å². The van der Waals surface area contributed by atoms with Gasteiger partial charge < -0.3 is 4.79 Å². The fourth-order valence-corrected chi connectivity index (χ4v) is 2.25. The fourth-order valence-electron chi connectivity index (χ4n) is 2.25. The normalized spacial score (nSPS) is 10.6. The van der Waals surface area contributed by atoms with Crippen molar-refractivity contribution >= 4 is 6.29 Å². The number of hydrogen-bond acceptors (Lipinski definition) is 1. The molecule has 0 N–H and O–H groups in total. The maximum absolute atomic E-state index is 10.1. The Kier molecular flexibility index (Phi) is 15.4. The monoisotopic (exact) mass is 240 g/mol. The number of hydrogen-bond donors (Lipinski definition) is 0. The van der Waals surface area contributed by atoms with Crippen LogP contribution in [0.3, 0.4) is 0 Å². The third-order valence-electron chi connectivity index (χ3n) is 3.43. The molecule has 0 heterocycles. The molecular formula is C16H32O. The van der Waals surface area contributed by atoms with Crippen molar-refractivity contribution in [2.45, 2.75) is 96.8 Å². The number of carbonyl (C=O) groups excluding carboxylic acids is 1. The predicted octanol–water partition coefficient (Wildman–Crippen LogP) is 5.67. The number of aldehydes is 1. The van der Waals surface area contributed by atoms with Gasteiger partial charge in [-0.1, -0.05) is 84.0 Å². The van der Waals surface area contributed by atoms with Gasteiger partial charge in [-0.05, 0) is 6.42 Å². The predicted molar refractivity (Wildman–Crippen MR) is 76.4 cm³/mol. The van der Waals surface area contributed by atoms with E-state index in [2.05, 4.69) is 6.92 Å². The van der Waals surface area contributed by atoms with Gasteiger partial charge >= 0.3 is 0 Å². The molecule has 17 heavy (non-hydrogen) atoms. The number of unbranched alkanes of at least 4 members (excludes halogenated alkanes) is 13. The Hall–Kier alpha value is -0.330. The van der Waals surface area contributed by atoms with E-state index in [1.54, 1.807) is 0 Å². The highest BCUT2D eigenvalue weighted by Gasteiger charge is 1.93. The van der Waals surface area contributed by atoms with Crippen molar-refractivity contribution in [2.75, 3.05) is 0 Å². The molecule has 0 bridgehead atoms. The second-order valence-corrected chi connectivity index (χ2v) is 5.20. The molecule has 0 saturated carbocycles. The molecule has 1 nitrogen and oxygen atoms in total. The van der Waals surface area contributed by atoms with Gasteiger partial charge in [0.15, 0.2) is 0 Å². The first-order chi connectivity index (χ1) is 8.41. The average Bonchev–Trinajstić information content (AvgIpc) is 2.35. The van der Waals surface area contributed by atoms with Crippen LogP contribution >= 0.6 is 0 Å². The average molecular weight is 240 g/mol. The standard InChI is InChI=1S/C16H32O/c1-2-3-4-5-6-7-8-9-10-11-12-13-14-15-16-17/h16H,2-15H2,1H3. The topological polar surface area (TPSA) is 17.1 Å². The molecular weight excluding hydrogens is 208 g/mol. The van der Waals surface area contributed by atoms with E-state index in [4.69, 9.17) is 0 Å². The lowest BCUT2D eigenvalue weighted by molar-refractivity contribution is -0.107. The lowest BCUT2D eigenvalue weighted by Crippen LogP contribution is -1.83. The Labute approximate surface area is 108 Å². The lowest BCUT2D eigenvalue weighted by Gasteiger charge is -2.02.